The fraction of sp³-hybridized carbons (Fsp3) is 0.417. The van der Waals surface area contributed by atoms with E-state index in [1.165, 1.54) is 0 Å². The zero-order chi connectivity index (χ0) is 11.7. The first-order valence-corrected chi connectivity index (χ1v) is 7.40. The van der Waals surface area contributed by atoms with E-state index >= 15 is 0 Å². The minimum Gasteiger partial charge on any atom is -0.294 e. The average molecular weight is 383 g/mol. The molecule has 0 fully saturated rings. The van der Waals surface area contributed by atoms with E-state index < -0.39 is 0 Å². The quantitative estimate of drug-likeness (QED) is 0.412. The van der Waals surface area contributed by atoms with Crippen LogP contribution in [0.5, 0.6) is 0 Å². The molecule has 0 spiro atoms. The second-order valence-electron chi connectivity index (χ2n) is 2.72. The molecule has 0 saturated heterocycles. The lowest BCUT2D eigenvalue weighted by Gasteiger charge is -1.99. The summed E-state index contributed by atoms with van der Waals surface area (Å²) in [5.74, 6) is 0.240. The molecule has 0 N–H and O–H groups in total. The summed E-state index contributed by atoms with van der Waals surface area (Å²) in [5.41, 5.74) is 0.813. The summed E-state index contributed by atoms with van der Waals surface area (Å²) in [6.45, 7) is 4.00. The van der Waals surface area contributed by atoms with Crippen molar-refractivity contribution in [3.8, 4) is 0 Å². The number of hydrogen-bond donors (Lipinski definition) is 0. The van der Waals surface area contributed by atoms with Crippen LogP contribution in [0.4, 0.5) is 0 Å². The van der Waals surface area contributed by atoms with E-state index in [0.717, 1.165) is 20.9 Å². The van der Waals surface area contributed by atoms with Crippen LogP contribution in [0.1, 0.15) is 37.0 Å². The fourth-order valence-electron chi connectivity index (χ4n) is 1.01. The molecule has 0 bridgehead atoms. The Morgan fingerprint density at radius 1 is 1.27 bits per heavy atom. The van der Waals surface area contributed by atoms with Gasteiger partial charge in [0.2, 0.25) is 0 Å². The highest BCUT2D eigenvalue weighted by Crippen LogP contribution is 2.12. The van der Waals surface area contributed by atoms with Gasteiger partial charge in [0.05, 0.1) is 0 Å². The number of carbonyl (C=O) groups excluding carboxylic acids is 1. The first-order chi connectivity index (χ1) is 7.24. The van der Waals surface area contributed by atoms with Gasteiger partial charge in [-0.2, -0.15) is 0 Å². The van der Waals surface area contributed by atoms with Crippen LogP contribution in [0.3, 0.4) is 0 Å². The highest BCUT2D eigenvalue weighted by Gasteiger charge is 2.03. The number of halogens is 2. The van der Waals surface area contributed by atoms with Crippen molar-refractivity contribution in [3.63, 3.8) is 0 Å². The van der Waals surface area contributed by atoms with E-state index in [1.807, 2.05) is 38.1 Å². The van der Waals surface area contributed by atoms with Crippen molar-refractivity contribution in [2.24, 2.45) is 0 Å². The molecule has 0 aromatic heterocycles. The van der Waals surface area contributed by atoms with Crippen LogP contribution in [0, 0.1) is 0 Å². The van der Waals surface area contributed by atoms with E-state index in [-0.39, 0.29) is 5.78 Å². The summed E-state index contributed by atoms with van der Waals surface area (Å²) in [4.78, 5) is 11.5. The van der Waals surface area contributed by atoms with Crippen LogP contribution in [-0.4, -0.2) is 10.2 Å². The van der Waals surface area contributed by atoms with Gasteiger partial charge in [0.1, 0.15) is 0 Å². The number of carbonyl (C=O) groups is 1. The topological polar surface area (TPSA) is 17.1 Å². The fourth-order valence-corrected chi connectivity index (χ4v) is 1.65. The first kappa shape index (κ1) is 15.1. The maximum absolute atomic E-state index is 11.5. The predicted molar refractivity (Wildman–Crippen MR) is 77.9 cm³/mol. The van der Waals surface area contributed by atoms with Crippen LogP contribution in [0.2, 0.25) is 0 Å². The third-order valence-corrected chi connectivity index (χ3v) is 3.00. The maximum Gasteiger partial charge on any atom is 0.162 e. The molecular weight excluding hydrogens is 367 g/mol. The first-order valence-electron chi connectivity index (χ1n) is 5.09. The summed E-state index contributed by atoms with van der Waals surface area (Å²) in [5, 5.41) is 0. The van der Waals surface area contributed by atoms with Gasteiger partial charge in [0.15, 0.2) is 5.78 Å². The molecule has 1 aromatic rings. The molecule has 0 aliphatic heterocycles. The number of Topliss-reactive ketones (excluding diaryl/α,β-unsaturated/α-hetero) is 1. The zero-order valence-electron chi connectivity index (χ0n) is 9.09. The third kappa shape index (κ3) is 6.30. The molecule has 0 saturated carbocycles. The van der Waals surface area contributed by atoms with E-state index in [2.05, 4.69) is 38.5 Å². The summed E-state index contributed by atoms with van der Waals surface area (Å²) in [6, 6.07) is 7.52. The summed E-state index contributed by atoms with van der Waals surface area (Å²) in [6.07, 6.45) is 1.63. The van der Waals surface area contributed by atoms with Gasteiger partial charge in [-0.25, -0.2) is 0 Å². The maximum atomic E-state index is 11.5. The molecule has 0 aliphatic rings. The van der Waals surface area contributed by atoms with Gasteiger partial charge < -0.3 is 0 Å². The van der Waals surface area contributed by atoms with Crippen molar-refractivity contribution >= 4 is 44.3 Å². The van der Waals surface area contributed by atoms with Crippen LogP contribution < -0.4 is 0 Å². The second-order valence-corrected chi connectivity index (χ2v) is 4.72. The monoisotopic (exact) mass is 382 g/mol. The molecule has 1 aromatic carbocycles. The largest absolute Gasteiger partial charge is 0.294 e. The lowest BCUT2D eigenvalue weighted by atomic mass is 10.1. The molecule has 0 atom stereocenters. The Morgan fingerprint density at radius 3 is 2.27 bits per heavy atom. The Bertz CT molecular complexity index is 282. The predicted octanol–water partition coefficient (Wildman–Crippen LogP) is 4.87. The van der Waals surface area contributed by atoms with Crippen molar-refractivity contribution in [3.05, 3.63) is 34.3 Å². The number of rotatable bonds is 4. The van der Waals surface area contributed by atoms with Gasteiger partial charge in [-0.3, -0.25) is 4.79 Å². The Labute approximate surface area is 114 Å². The Hall–Kier alpha value is 0.1000. The van der Waals surface area contributed by atoms with Crippen LogP contribution in [-0.2, 0) is 0 Å². The number of ketones is 1. The van der Waals surface area contributed by atoms with E-state index in [9.17, 15) is 4.79 Å². The van der Waals surface area contributed by atoms with Crippen molar-refractivity contribution in [2.45, 2.75) is 26.7 Å². The molecule has 0 heterocycles. The van der Waals surface area contributed by atoms with Gasteiger partial charge in [-0.05, 0) is 23.0 Å². The third-order valence-electron chi connectivity index (χ3n) is 1.70. The average Bonchev–Trinajstić information content (AvgIpc) is 2.29. The zero-order valence-corrected chi connectivity index (χ0v) is 12.8. The van der Waals surface area contributed by atoms with Crippen molar-refractivity contribution in [1.29, 1.82) is 0 Å². The molecule has 0 amide bonds. The summed E-state index contributed by atoms with van der Waals surface area (Å²) < 4.78 is 2.05. The van der Waals surface area contributed by atoms with E-state index in [4.69, 9.17) is 0 Å². The molecule has 84 valence electrons. The number of alkyl halides is 1. The summed E-state index contributed by atoms with van der Waals surface area (Å²) in [7, 11) is 0. The van der Waals surface area contributed by atoms with Gasteiger partial charge in [-0.1, -0.05) is 64.5 Å². The molecule has 0 unspecified atom stereocenters. The molecule has 3 heteroatoms. The Morgan fingerprint density at radius 2 is 1.80 bits per heavy atom. The Kier molecular flexibility index (Phi) is 9.40. The molecule has 0 radical (unpaired) electrons. The Balaban J connectivity index is 0.000000921. The summed E-state index contributed by atoms with van der Waals surface area (Å²) >= 11 is 5.62. The van der Waals surface area contributed by atoms with Crippen LogP contribution >= 0.6 is 38.5 Å². The molecule has 1 rings (SSSR count). The van der Waals surface area contributed by atoms with Crippen molar-refractivity contribution < 1.29 is 4.79 Å². The van der Waals surface area contributed by atoms with Gasteiger partial charge in [0.25, 0.3) is 0 Å². The highest BCUT2D eigenvalue weighted by atomic mass is 127. The number of benzene rings is 1. The molecule has 1 nitrogen and oxygen atoms in total. The second kappa shape index (κ2) is 9.33. The van der Waals surface area contributed by atoms with E-state index in [1.54, 1.807) is 0 Å². The molecule has 0 aliphatic carbocycles. The minimum atomic E-state index is 0.240. The normalized spacial score (nSPS) is 9.07. The van der Waals surface area contributed by atoms with E-state index in [0.29, 0.717) is 6.42 Å². The molecule has 15 heavy (non-hydrogen) atoms. The van der Waals surface area contributed by atoms with Crippen LogP contribution in [0.15, 0.2) is 28.7 Å². The molecular formula is C12H16BrIO. The van der Waals surface area contributed by atoms with Crippen LogP contribution in [0.25, 0.3) is 0 Å². The van der Waals surface area contributed by atoms with Gasteiger partial charge in [-0.15, -0.1) is 0 Å². The van der Waals surface area contributed by atoms with Gasteiger partial charge >= 0.3 is 0 Å². The van der Waals surface area contributed by atoms with Crippen molar-refractivity contribution in [2.75, 3.05) is 4.43 Å². The minimum absolute atomic E-state index is 0.240. The highest BCUT2D eigenvalue weighted by molar-refractivity contribution is 14.1. The smallest absolute Gasteiger partial charge is 0.162 e. The lowest BCUT2D eigenvalue weighted by Crippen LogP contribution is -1.98. The standard InChI is InChI=1S/C10H10BrIO.C2H6/c11-9-5-3-8(4-6-9)10(13)2-1-7-12;1-2/h3-6H,1-2,7H2;1-2H3. The SMILES string of the molecule is CC.O=C(CCCI)c1ccc(Br)cc1. The number of hydrogen-bond acceptors (Lipinski definition) is 1. The lowest BCUT2D eigenvalue weighted by molar-refractivity contribution is 0.0982. The van der Waals surface area contributed by atoms with Crippen molar-refractivity contribution in [1.82, 2.24) is 0 Å². The van der Waals surface area contributed by atoms with Gasteiger partial charge in [0, 0.05) is 16.5 Å².